The van der Waals surface area contributed by atoms with Crippen LogP contribution in [0.5, 0.6) is 0 Å². The van der Waals surface area contributed by atoms with Crippen molar-refractivity contribution in [2.75, 3.05) is 16.8 Å². The van der Waals surface area contributed by atoms with Crippen molar-refractivity contribution in [3.8, 4) is 0 Å². The highest BCUT2D eigenvalue weighted by atomic mass is 35.5. The zero-order valence-corrected chi connectivity index (χ0v) is 11.4. The smallest absolute Gasteiger partial charge is 0.225 e. The molecule has 0 aliphatic heterocycles. The minimum Gasteiger partial charge on any atom is -0.327 e. The van der Waals surface area contributed by atoms with Crippen molar-refractivity contribution in [3.05, 3.63) is 29.3 Å². The summed E-state index contributed by atoms with van der Waals surface area (Å²) in [7, 11) is 0. The predicted octanol–water partition coefficient (Wildman–Crippen LogP) is 2.75. The Hall–Kier alpha value is -0.710. The summed E-state index contributed by atoms with van der Waals surface area (Å²) in [5, 5.41) is 3.42. The lowest BCUT2D eigenvalue weighted by atomic mass is 10.3. The maximum atomic E-state index is 11.6. The molecule has 0 aliphatic rings. The second kappa shape index (κ2) is 7.58. The second-order valence-electron chi connectivity index (χ2n) is 3.86. The summed E-state index contributed by atoms with van der Waals surface area (Å²) >= 11 is 7.51. The predicted molar refractivity (Wildman–Crippen MR) is 75.7 cm³/mol. The van der Waals surface area contributed by atoms with Gasteiger partial charge in [0.15, 0.2) is 0 Å². The summed E-state index contributed by atoms with van der Waals surface area (Å²) in [6, 6.07) is 7.31. The lowest BCUT2D eigenvalue weighted by Crippen LogP contribution is -2.18. The van der Waals surface area contributed by atoms with E-state index < -0.39 is 0 Å². The van der Waals surface area contributed by atoms with E-state index in [2.05, 4.69) is 5.32 Å². The van der Waals surface area contributed by atoms with Crippen LogP contribution in [0.25, 0.3) is 0 Å². The number of rotatable bonds is 6. The third-order valence-corrected chi connectivity index (χ3v) is 3.45. The Morgan fingerprint density at radius 2 is 2.35 bits per heavy atom. The molecule has 0 aromatic heterocycles. The Labute approximate surface area is 111 Å². The molecule has 0 fully saturated rings. The van der Waals surface area contributed by atoms with E-state index in [1.54, 1.807) is 23.9 Å². The Morgan fingerprint density at radius 1 is 1.59 bits per heavy atom. The normalized spacial score (nSPS) is 12.2. The molecule has 1 rings (SSSR count). The molecule has 1 unspecified atom stereocenters. The number of nitrogens with two attached hydrogens (primary N) is 1. The van der Waals surface area contributed by atoms with Crippen LogP contribution in [0.2, 0.25) is 5.02 Å². The molecule has 0 bridgehead atoms. The van der Waals surface area contributed by atoms with Gasteiger partial charge in [-0.15, -0.1) is 0 Å². The van der Waals surface area contributed by atoms with Gasteiger partial charge in [0.2, 0.25) is 5.91 Å². The summed E-state index contributed by atoms with van der Waals surface area (Å²) in [6.07, 6.45) is 0.490. The van der Waals surface area contributed by atoms with Crippen molar-refractivity contribution in [3.63, 3.8) is 0 Å². The number of halogens is 1. The molecule has 1 aromatic rings. The number of carbonyl (C=O) groups excluding carboxylic acids is 1. The maximum absolute atomic E-state index is 11.6. The number of thioether (sulfide) groups is 1. The highest BCUT2D eigenvalue weighted by molar-refractivity contribution is 7.99. The van der Waals surface area contributed by atoms with Crippen LogP contribution in [0.15, 0.2) is 24.3 Å². The Morgan fingerprint density at radius 3 is 3.00 bits per heavy atom. The van der Waals surface area contributed by atoms with E-state index in [4.69, 9.17) is 17.3 Å². The van der Waals surface area contributed by atoms with Gasteiger partial charge in [-0.05, 0) is 25.1 Å². The lowest BCUT2D eigenvalue weighted by molar-refractivity contribution is -0.115. The molecule has 17 heavy (non-hydrogen) atoms. The van der Waals surface area contributed by atoms with Crippen molar-refractivity contribution in [2.45, 2.75) is 19.4 Å². The van der Waals surface area contributed by atoms with Gasteiger partial charge >= 0.3 is 0 Å². The fraction of sp³-hybridized carbons (Fsp3) is 0.417. The van der Waals surface area contributed by atoms with Gasteiger partial charge in [-0.3, -0.25) is 4.79 Å². The third kappa shape index (κ3) is 6.56. The molecule has 94 valence electrons. The molecule has 3 N–H and O–H groups in total. The molecular formula is C12H17ClN2OS. The second-order valence-corrected chi connectivity index (χ2v) is 5.45. The van der Waals surface area contributed by atoms with E-state index in [1.807, 2.05) is 19.1 Å². The van der Waals surface area contributed by atoms with Crippen LogP contribution in [0.1, 0.15) is 13.3 Å². The van der Waals surface area contributed by atoms with Crippen molar-refractivity contribution < 1.29 is 4.79 Å². The van der Waals surface area contributed by atoms with E-state index in [9.17, 15) is 4.79 Å². The van der Waals surface area contributed by atoms with Crippen LogP contribution >= 0.6 is 23.4 Å². The fourth-order valence-corrected chi connectivity index (χ4v) is 2.28. The van der Waals surface area contributed by atoms with E-state index in [1.165, 1.54) is 0 Å². The molecule has 0 saturated carbocycles. The first-order valence-electron chi connectivity index (χ1n) is 5.46. The maximum Gasteiger partial charge on any atom is 0.225 e. The zero-order chi connectivity index (χ0) is 12.7. The van der Waals surface area contributed by atoms with E-state index in [0.717, 1.165) is 17.2 Å². The summed E-state index contributed by atoms with van der Waals surface area (Å²) in [6.45, 7) is 1.96. The molecule has 1 amide bonds. The molecule has 0 heterocycles. The van der Waals surface area contributed by atoms with Crippen molar-refractivity contribution in [2.24, 2.45) is 5.73 Å². The summed E-state index contributed by atoms with van der Waals surface area (Å²) in [4.78, 5) is 11.6. The first-order valence-corrected chi connectivity index (χ1v) is 7.00. The molecule has 5 heteroatoms. The Balaban J connectivity index is 2.25. The number of hydrogen-bond donors (Lipinski definition) is 2. The van der Waals surface area contributed by atoms with Gasteiger partial charge < -0.3 is 11.1 Å². The van der Waals surface area contributed by atoms with Gasteiger partial charge in [0.25, 0.3) is 0 Å². The first-order chi connectivity index (χ1) is 8.08. The molecule has 3 nitrogen and oxygen atoms in total. The quantitative estimate of drug-likeness (QED) is 0.783. The van der Waals surface area contributed by atoms with Crippen LogP contribution in [-0.4, -0.2) is 23.5 Å². The van der Waals surface area contributed by atoms with Gasteiger partial charge in [-0.1, -0.05) is 17.7 Å². The summed E-state index contributed by atoms with van der Waals surface area (Å²) in [5.74, 6) is 1.67. The number of amides is 1. The Kier molecular flexibility index (Phi) is 6.40. The molecule has 1 atom stereocenters. The third-order valence-electron chi connectivity index (χ3n) is 1.96. The van der Waals surface area contributed by atoms with Crippen molar-refractivity contribution >= 4 is 35.0 Å². The minimum atomic E-state index is 0.00411. The number of anilines is 1. The molecular weight excluding hydrogens is 256 g/mol. The summed E-state index contributed by atoms with van der Waals surface area (Å²) < 4.78 is 0. The molecule has 0 saturated heterocycles. The van der Waals surface area contributed by atoms with Gasteiger partial charge in [-0.2, -0.15) is 11.8 Å². The standard InChI is InChI=1S/C12H17ClN2OS/c1-9(14)8-17-6-5-12(16)15-11-4-2-3-10(13)7-11/h2-4,7,9H,5-6,8,14H2,1H3,(H,15,16). The van der Waals surface area contributed by atoms with E-state index in [-0.39, 0.29) is 11.9 Å². The van der Waals surface area contributed by atoms with Crippen LogP contribution in [0.3, 0.4) is 0 Å². The van der Waals surface area contributed by atoms with Crippen LogP contribution in [-0.2, 0) is 4.79 Å². The zero-order valence-electron chi connectivity index (χ0n) is 9.78. The molecule has 0 spiro atoms. The van der Waals surface area contributed by atoms with Crippen LogP contribution in [0.4, 0.5) is 5.69 Å². The fourth-order valence-electron chi connectivity index (χ4n) is 1.22. The minimum absolute atomic E-state index is 0.00411. The highest BCUT2D eigenvalue weighted by Crippen LogP contribution is 2.15. The van der Waals surface area contributed by atoms with Crippen molar-refractivity contribution in [1.82, 2.24) is 0 Å². The number of hydrogen-bond acceptors (Lipinski definition) is 3. The first kappa shape index (κ1) is 14.4. The number of carbonyl (C=O) groups is 1. The average Bonchev–Trinajstić information content (AvgIpc) is 2.24. The Bertz CT molecular complexity index is 371. The molecule has 0 aliphatic carbocycles. The number of benzene rings is 1. The van der Waals surface area contributed by atoms with Gasteiger partial charge in [-0.25, -0.2) is 0 Å². The lowest BCUT2D eigenvalue weighted by Gasteiger charge is -2.06. The van der Waals surface area contributed by atoms with Gasteiger partial charge in [0, 0.05) is 34.7 Å². The summed E-state index contributed by atoms with van der Waals surface area (Å²) in [5.41, 5.74) is 6.35. The SMILES string of the molecule is CC(N)CSCCC(=O)Nc1cccc(Cl)c1. The van der Waals surface area contributed by atoms with Crippen LogP contribution in [0, 0.1) is 0 Å². The topological polar surface area (TPSA) is 55.1 Å². The molecule has 1 aromatic carbocycles. The van der Waals surface area contributed by atoms with Crippen molar-refractivity contribution in [1.29, 1.82) is 0 Å². The highest BCUT2D eigenvalue weighted by Gasteiger charge is 2.03. The van der Waals surface area contributed by atoms with Gasteiger partial charge in [0.1, 0.15) is 0 Å². The number of nitrogens with one attached hydrogen (secondary N) is 1. The van der Waals surface area contributed by atoms with E-state index >= 15 is 0 Å². The van der Waals surface area contributed by atoms with Crippen LogP contribution < -0.4 is 11.1 Å². The van der Waals surface area contributed by atoms with Gasteiger partial charge in [0.05, 0.1) is 0 Å². The largest absolute Gasteiger partial charge is 0.327 e. The monoisotopic (exact) mass is 272 g/mol. The van der Waals surface area contributed by atoms with E-state index in [0.29, 0.717) is 11.4 Å². The average molecular weight is 273 g/mol. The molecule has 0 radical (unpaired) electrons.